The lowest BCUT2D eigenvalue weighted by Crippen LogP contribution is -2.49. The summed E-state index contributed by atoms with van der Waals surface area (Å²) in [6, 6.07) is -3.07. The largest absolute Gasteiger partial charge is 0.474 e. The molecule has 3 aliphatic rings. The number of amides is 3. The fourth-order valence-corrected chi connectivity index (χ4v) is 5.49. The molecule has 0 aliphatic carbocycles. The number of hydrogen-bond donors (Lipinski definition) is 3. The first-order valence-electron chi connectivity index (χ1n) is 12.9. The summed E-state index contributed by atoms with van der Waals surface area (Å²) in [5, 5.41) is 11.3. The Bertz CT molecular complexity index is 1120. The Morgan fingerprint density at radius 1 is 0.892 bits per heavy atom. The van der Waals surface area contributed by atoms with Crippen molar-refractivity contribution in [2.45, 2.75) is 97.3 Å². The van der Waals surface area contributed by atoms with Crippen LogP contribution in [0.3, 0.4) is 0 Å². The lowest BCUT2D eigenvalue weighted by atomic mass is 9.99. The molecule has 1 aromatic heterocycles. The van der Waals surface area contributed by atoms with E-state index in [4.69, 9.17) is 9.47 Å². The van der Waals surface area contributed by atoms with Crippen LogP contribution < -0.4 is 16.0 Å². The van der Waals surface area contributed by atoms with E-state index < -0.39 is 42.4 Å². The predicted molar refractivity (Wildman–Crippen MR) is 140 cm³/mol. The van der Waals surface area contributed by atoms with Crippen molar-refractivity contribution in [3.8, 4) is 0 Å². The third kappa shape index (κ3) is 5.48. The molecule has 12 heteroatoms. The van der Waals surface area contributed by atoms with E-state index in [0.717, 1.165) is 6.42 Å². The first-order valence-corrected chi connectivity index (χ1v) is 13.7. The molecule has 0 saturated carbocycles. The average molecular weight is 533 g/mol. The maximum atomic E-state index is 13.4. The molecule has 0 fully saturated rings. The number of aliphatic imine (C=N–C) groups is 2. The van der Waals surface area contributed by atoms with Crippen molar-refractivity contribution in [3.63, 3.8) is 0 Å². The Kier molecular flexibility index (Phi) is 7.86. The van der Waals surface area contributed by atoms with Gasteiger partial charge in [0.05, 0.1) is 6.04 Å². The minimum Gasteiger partial charge on any atom is -0.474 e. The number of fused-ring (bicyclic) bond motifs is 4. The third-order valence-corrected chi connectivity index (χ3v) is 7.98. The number of hydrogen-bond acceptors (Lipinski definition) is 9. The number of carbonyl (C=O) groups is 3. The minimum absolute atomic E-state index is 0.0526. The molecule has 202 valence electrons. The molecule has 0 aromatic carbocycles. The van der Waals surface area contributed by atoms with Gasteiger partial charge in [-0.25, -0.2) is 15.0 Å². The number of aromatic nitrogens is 1. The van der Waals surface area contributed by atoms with Gasteiger partial charge in [0.1, 0.15) is 35.0 Å². The van der Waals surface area contributed by atoms with Crippen molar-refractivity contribution < 1.29 is 23.9 Å². The van der Waals surface area contributed by atoms with Gasteiger partial charge in [-0.3, -0.25) is 14.4 Å². The molecule has 3 amide bonds. The van der Waals surface area contributed by atoms with Crippen molar-refractivity contribution in [3.05, 3.63) is 16.1 Å². The Balaban J connectivity index is 1.74. The van der Waals surface area contributed by atoms with Crippen molar-refractivity contribution in [1.82, 2.24) is 20.9 Å². The quantitative estimate of drug-likeness (QED) is 0.543. The number of rotatable bonds is 3. The molecule has 6 bridgehead atoms. The van der Waals surface area contributed by atoms with E-state index in [1.54, 1.807) is 26.2 Å². The topological polar surface area (TPSA) is 143 Å². The molecule has 1 aromatic rings. The Labute approximate surface area is 220 Å². The minimum atomic E-state index is -0.796. The van der Waals surface area contributed by atoms with Gasteiger partial charge in [-0.1, -0.05) is 34.1 Å². The lowest BCUT2D eigenvalue weighted by molar-refractivity contribution is -0.125. The molecule has 8 atom stereocenters. The Hall–Kier alpha value is -3.02. The summed E-state index contributed by atoms with van der Waals surface area (Å²) in [5.74, 6) is -0.388. The fourth-order valence-electron chi connectivity index (χ4n) is 4.51. The van der Waals surface area contributed by atoms with Crippen LogP contribution >= 0.6 is 11.3 Å². The zero-order valence-corrected chi connectivity index (χ0v) is 23.1. The number of nitrogens with zero attached hydrogens (tertiary/aromatic N) is 3. The number of thiazole rings is 1. The molecule has 3 N–H and O–H groups in total. The van der Waals surface area contributed by atoms with Gasteiger partial charge in [0.2, 0.25) is 23.6 Å². The molecule has 0 spiro atoms. The highest BCUT2D eigenvalue weighted by Crippen LogP contribution is 2.29. The highest BCUT2D eigenvalue weighted by atomic mass is 32.1. The average Bonchev–Trinajstić information content (AvgIpc) is 3.58. The maximum absolute atomic E-state index is 13.4. The normalized spacial score (nSPS) is 33.2. The van der Waals surface area contributed by atoms with Gasteiger partial charge in [-0.15, -0.1) is 11.3 Å². The molecule has 0 saturated heterocycles. The molecule has 3 aliphatic heterocycles. The SMILES string of the molecule is CC[C@H](C)[C@H]1NC(=O)[C@H]2N=C(O[C@@H]2C)[C@H](C(C)C)NC(=O)[C@H]2N=C(O[C@@H]2C)[C@@H](C)NC(=O)c2csc1n2. The molecular formula is C25H36N6O5S. The molecule has 11 nitrogen and oxygen atoms in total. The monoisotopic (exact) mass is 532 g/mol. The Morgan fingerprint density at radius 3 is 2.05 bits per heavy atom. The highest BCUT2D eigenvalue weighted by Gasteiger charge is 2.42. The zero-order chi connectivity index (χ0) is 27.0. The number of nitrogens with one attached hydrogen (secondary N) is 3. The van der Waals surface area contributed by atoms with Crippen LogP contribution in [0.4, 0.5) is 0 Å². The van der Waals surface area contributed by atoms with Crippen molar-refractivity contribution in [2.75, 3.05) is 0 Å². The van der Waals surface area contributed by atoms with Crippen LogP contribution in [0.15, 0.2) is 15.4 Å². The van der Waals surface area contributed by atoms with Crippen LogP contribution in [0.5, 0.6) is 0 Å². The Morgan fingerprint density at radius 2 is 1.46 bits per heavy atom. The van der Waals surface area contributed by atoms with Crippen molar-refractivity contribution >= 4 is 40.9 Å². The van der Waals surface area contributed by atoms with Crippen molar-refractivity contribution in [1.29, 1.82) is 0 Å². The molecule has 0 unspecified atom stereocenters. The number of ether oxygens (including phenoxy) is 2. The van der Waals surface area contributed by atoms with E-state index in [1.807, 2.05) is 27.7 Å². The second-order valence-corrected chi connectivity index (χ2v) is 11.2. The maximum Gasteiger partial charge on any atom is 0.271 e. The first-order chi connectivity index (χ1) is 17.5. The predicted octanol–water partition coefficient (Wildman–Crippen LogP) is 1.99. The summed E-state index contributed by atoms with van der Waals surface area (Å²) >= 11 is 1.32. The molecule has 0 radical (unpaired) electrons. The van der Waals surface area contributed by atoms with Crippen LogP contribution in [0.25, 0.3) is 0 Å². The molecular weight excluding hydrogens is 496 g/mol. The van der Waals surface area contributed by atoms with E-state index in [1.165, 1.54) is 11.3 Å². The van der Waals surface area contributed by atoms with E-state index in [0.29, 0.717) is 10.9 Å². The van der Waals surface area contributed by atoms with E-state index in [2.05, 4.69) is 30.9 Å². The fraction of sp³-hybridized carbons (Fsp3) is 0.680. The molecule has 4 heterocycles. The standard InChI is InChI=1S/C25H36N6O5S/c1-8-11(4)17-25-27-15(9-37-25)20(32)26-12(5)23-30-18(13(6)35-23)21(33)28-16(10(2)3)24-31-19(14(7)36-24)22(34)29-17/h9-14,16-19H,8H2,1-7H3,(H,26,32)(H,28,33)(H,29,34)/t11-,12+,13+,14+,16-,17+,18-,19-/m0/s1. The second kappa shape index (κ2) is 10.8. The third-order valence-electron chi connectivity index (χ3n) is 7.05. The van der Waals surface area contributed by atoms with Crippen LogP contribution in [-0.4, -0.2) is 70.9 Å². The summed E-state index contributed by atoms with van der Waals surface area (Å²) in [4.78, 5) is 53.2. The van der Waals surface area contributed by atoms with Crippen LogP contribution in [0.1, 0.15) is 76.4 Å². The highest BCUT2D eigenvalue weighted by molar-refractivity contribution is 7.09. The van der Waals surface area contributed by atoms with Gasteiger partial charge in [-0.05, 0) is 32.6 Å². The smallest absolute Gasteiger partial charge is 0.271 e. The zero-order valence-electron chi connectivity index (χ0n) is 22.3. The van der Waals surface area contributed by atoms with E-state index in [9.17, 15) is 14.4 Å². The molecule has 37 heavy (non-hydrogen) atoms. The second-order valence-electron chi connectivity index (χ2n) is 10.3. The van der Waals surface area contributed by atoms with Crippen LogP contribution in [-0.2, 0) is 19.1 Å². The van der Waals surface area contributed by atoms with Gasteiger partial charge in [-0.2, -0.15) is 0 Å². The van der Waals surface area contributed by atoms with Crippen molar-refractivity contribution in [2.24, 2.45) is 21.8 Å². The first kappa shape index (κ1) is 27.0. The lowest BCUT2D eigenvalue weighted by Gasteiger charge is -2.24. The van der Waals surface area contributed by atoms with E-state index in [-0.39, 0.29) is 41.1 Å². The summed E-state index contributed by atoms with van der Waals surface area (Å²) in [6.07, 6.45) is -0.230. The summed E-state index contributed by atoms with van der Waals surface area (Å²) in [5.41, 5.74) is 0.245. The van der Waals surface area contributed by atoms with E-state index >= 15 is 0 Å². The van der Waals surface area contributed by atoms with Gasteiger partial charge < -0.3 is 25.4 Å². The van der Waals surface area contributed by atoms with Crippen LogP contribution in [0, 0.1) is 11.8 Å². The summed E-state index contributed by atoms with van der Waals surface area (Å²) in [7, 11) is 0. The number of carbonyl (C=O) groups excluding carboxylic acids is 3. The van der Waals surface area contributed by atoms with Gasteiger partial charge in [0, 0.05) is 5.38 Å². The van der Waals surface area contributed by atoms with Crippen LogP contribution in [0.2, 0.25) is 0 Å². The summed E-state index contributed by atoms with van der Waals surface area (Å²) in [6.45, 7) is 13.3. The summed E-state index contributed by atoms with van der Waals surface area (Å²) < 4.78 is 11.9. The van der Waals surface area contributed by atoms with Gasteiger partial charge in [0.25, 0.3) is 5.91 Å². The van der Waals surface area contributed by atoms with Gasteiger partial charge in [0.15, 0.2) is 12.1 Å². The molecule has 4 rings (SSSR count). The van der Waals surface area contributed by atoms with Gasteiger partial charge >= 0.3 is 0 Å².